The quantitative estimate of drug-likeness (QED) is 0.142. The molecule has 1 N–H and O–H groups in total. The number of thioether (sulfide) groups is 1. The molecule has 4 rings (SSSR count). The van der Waals surface area contributed by atoms with Gasteiger partial charge in [0.2, 0.25) is 5.91 Å². The maximum Gasteiger partial charge on any atom is 0.220 e. The molecule has 3 aromatic carbocycles. The van der Waals surface area contributed by atoms with E-state index in [0.29, 0.717) is 29.4 Å². The molecule has 0 spiro atoms. The van der Waals surface area contributed by atoms with Crippen molar-refractivity contribution in [3.8, 4) is 22.5 Å². The molecule has 0 aliphatic rings. The maximum atomic E-state index is 12.3. The minimum atomic E-state index is 0.0721. The Morgan fingerprint density at radius 2 is 1.65 bits per heavy atom. The minimum Gasteiger partial charge on any atom is -0.356 e. The molecule has 7 heteroatoms. The normalized spacial score (nSPS) is 11.0. The average molecular weight is 553 g/mol. The zero-order valence-electron chi connectivity index (χ0n) is 20.9. The standard InChI is InChI=1S/C30H31Cl2N3OS/c1-2-35-29(24-13-7-4-8-14-24)28(23-11-5-3-6-12-23)34-30(35)37-20-10-9-15-27(36)33-19-18-22-16-17-25(31)21-26(22)32/h3-8,11-14,16-17,21H,2,9-10,15,18-20H2,1H3,(H,33,36). The van der Waals surface area contributed by atoms with Crippen LogP contribution >= 0.6 is 35.0 Å². The molecule has 0 saturated carbocycles. The molecule has 0 aliphatic heterocycles. The van der Waals surface area contributed by atoms with E-state index < -0.39 is 0 Å². The molecule has 192 valence electrons. The van der Waals surface area contributed by atoms with Gasteiger partial charge in [-0.1, -0.05) is 102 Å². The summed E-state index contributed by atoms with van der Waals surface area (Å²) in [5.41, 5.74) is 5.43. The van der Waals surface area contributed by atoms with Gasteiger partial charge < -0.3 is 9.88 Å². The molecular formula is C30H31Cl2N3OS. The second-order valence-electron chi connectivity index (χ2n) is 8.71. The highest BCUT2D eigenvalue weighted by molar-refractivity contribution is 7.99. The number of carbonyl (C=O) groups is 1. The highest BCUT2D eigenvalue weighted by atomic mass is 35.5. The van der Waals surface area contributed by atoms with Gasteiger partial charge in [-0.15, -0.1) is 0 Å². The lowest BCUT2D eigenvalue weighted by molar-refractivity contribution is -0.121. The molecule has 0 fully saturated rings. The van der Waals surface area contributed by atoms with E-state index in [1.165, 1.54) is 5.56 Å². The van der Waals surface area contributed by atoms with Crippen LogP contribution in [0.2, 0.25) is 10.0 Å². The molecule has 0 atom stereocenters. The van der Waals surface area contributed by atoms with E-state index in [0.717, 1.165) is 52.8 Å². The monoisotopic (exact) mass is 551 g/mol. The summed E-state index contributed by atoms with van der Waals surface area (Å²) in [6, 6.07) is 26.3. The van der Waals surface area contributed by atoms with E-state index in [2.05, 4.69) is 65.3 Å². The molecule has 0 bridgehead atoms. The van der Waals surface area contributed by atoms with Gasteiger partial charge in [-0.3, -0.25) is 4.79 Å². The lowest BCUT2D eigenvalue weighted by atomic mass is 10.0. The first-order valence-electron chi connectivity index (χ1n) is 12.6. The summed E-state index contributed by atoms with van der Waals surface area (Å²) in [7, 11) is 0. The lowest BCUT2D eigenvalue weighted by Gasteiger charge is -2.11. The molecule has 0 radical (unpaired) electrons. The van der Waals surface area contributed by atoms with Crippen molar-refractivity contribution in [1.82, 2.24) is 14.9 Å². The second kappa shape index (κ2) is 13.7. The Kier molecular flexibility index (Phi) is 10.1. The third-order valence-electron chi connectivity index (χ3n) is 6.10. The van der Waals surface area contributed by atoms with E-state index in [9.17, 15) is 4.79 Å². The van der Waals surface area contributed by atoms with Gasteiger partial charge in [-0.25, -0.2) is 4.98 Å². The number of amides is 1. The number of aromatic nitrogens is 2. The number of unbranched alkanes of at least 4 members (excludes halogenated alkanes) is 1. The highest BCUT2D eigenvalue weighted by Gasteiger charge is 2.19. The molecule has 4 nitrogen and oxygen atoms in total. The molecule has 1 aromatic heterocycles. The predicted molar refractivity (Wildman–Crippen MR) is 157 cm³/mol. The fourth-order valence-corrected chi connectivity index (χ4v) is 5.79. The van der Waals surface area contributed by atoms with Crippen molar-refractivity contribution in [2.24, 2.45) is 0 Å². The van der Waals surface area contributed by atoms with Gasteiger partial charge in [0.1, 0.15) is 0 Å². The van der Waals surface area contributed by atoms with Crippen LogP contribution in [0.25, 0.3) is 22.5 Å². The number of imidazole rings is 1. The number of nitrogens with zero attached hydrogens (tertiary/aromatic N) is 2. The Balaban J connectivity index is 1.31. The predicted octanol–water partition coefficient (Wildman–Crippen LogP) is 8.17. The number of carbonyl (C=O) groups excluding carboxylic acids is 1. The topological polar surface area (TPSA) is 46.9 Å². The van der Waals surface area contributed by atoms with Crippen LogP contribution in [0, 0.1) is 0 Å². The van der Waals surface area contributed by atoms with Gasteiger partial charge in [-0.2, -0.15) is 0 Å². The van der Waals surface area contributed by atoms with Gasteiger partial charge in [0.05, 0.1) is 11.4 Å². The Hall–Kier alpha value is -2.73. The molecule has 0 saturated heterocycles. The van der Waals surface area contributed by atoms with Crippen molar-refractivity contribution in [2.75, 3.05) is 12.3 Å². The number of halogens is 2. The van der Waals surface area contributed by atoms with Gasteiger partial charge in [0.15, 0.2) is 5.16 Å². The largest absolute Gasteiger partial charge is 0.356 e. The van der Waals surface area contributed by atoms with Crippen molar-refractivity contribution >= 4 is 40.9 Å². The Morgan fingerprint density at radius 3 is 2.32 bits per heavy atom. The van der Waals surface area contributed by atoms with Crippen LogP contribution in [0.4, 0.5) is 0 Å². The molecule has 4 aromatic rings. The van der Waals surface area contributed by atoms with E-state index in [4.69, 9.17) is 28.2 Å². The minimum absolute atomic E-state index is 0.0721. The van der Waals surface area contributed by atoms with E-state index in [-0.39, 0.29) is 5.91 Å². The van der Waals surface area contributed by atoms with Crippen LogP contribution < -0.4 is 5.32 Å². The summed E-state index contributed by atoms with van der Waals surface area (Å²) < 4.78 is 2.30. The summed E-state index contributed by atoms with van der Waals surface area (Å²) in [6.45, 7) is 3.56. The first kappa shape index (κ1) is 27.3. The SMILES string of the molecule is CCn1c(SCCCCC(=O)NCCc2ccc(Cl)cc2Cl)nc(-c2ccccc2)c1-c1ccccc1. The van der Waals surface area contributed by atoms with Crippen molar-refractivity contribution in [3.05, 3.63) is 94.5 Å². The third kappa shape index (κ3) is 7.41. The summed E-state index contributed by atoms with van der Waals surface area (Å²) >= 11 is 13.9. The third-order valence-corrected chi connectivity index (χ3v) is 7.75. The Bertz CT molecular complexity index is 1310. The van der Waals surface area contributed by atoms with Crippen LogP contribution in [0.5, 0.6) is 0 Å². The summed E-state index contributed by atoms with van der Waals surface area (Å²) in [5.74, 6) is 0.982. The fraction of sp³-hybridized carbons (Fsp3) is 0.267. The van der Waals surface area contributed by atoms with Crippen molar-refractivity contribution < 1.29 is 4.79 Å². The van der Waals surface area contributed by atoms with Crippen LogP contribution in [0.15, 0.2) is 84.0 Å². The molecule has 1 amide bonds. The maximum absolute atomic E-state index is 12.3. The fourth-order valence-electron chi connectivity index (χ4n) is 4.22. The first-order chi connectivity index (χ1) is 18.1. The number of rotatable bonds is 12. The van der Waals surface area contributed by atoms with Crippen LogP contribution in [-0.4, -0.2) is 27.8 Å². The van der Waals surface area contributed by atoms with Crippen molar-refractivity contribution in [3.63, 3.8) is 0 Å². The molecule has 0 aliphatic carbocycles. The average Bonchev–Trinajstić information content (AvgIpc) is 3.29. The van der Waals surface area contributed by atoms with Crippen LogP contribution in [0.1, 0.15) is 31.7 Å². The Labute approximate surface area is 233 Å². The summed E-state index contributed by atoms with van der Waals surface area (Å²) in [6.07, 6.45) is 2.98. The number of hydrogen-bond donors (Lipinski definition) is 1. The Morgan fingerprint density at radius 1 is 0.946 bits per heavy atom. The van der Waals surface area contributed by atoms with E-state index in [1.807, 2.05) is 24.3 Å². The summed E-state index contributed by atoms with van der Waals surface area (Å²) in [4.78, 5) is 17.3. The number of benzene rings is 3. The molecule has 37 heavy (non-hydrogen) atoms. The van der Waals surface area contributed by atoms with E-state index >= 15 is 0 Å². The number of hydrogen-bond acceptors (Lipinski definition) is 3. The van der Waals surface area contributed by atoms with Gasteiger partial charge in [-0.05, 0) is 43.9 Å². The van der Waals surface area contributed by atoms with Crippen molar-refractivity contribution in [2.45, 2.75) is 44.3 Å². The van der Waals surface area contributed by atoms with E-state index in [1.54, 1.807) is 17.8 Å². The van der Waals surface area contributed by atoms with Crippen molar-refractivity contribution in [1.29, 1.82) is 0 Å². The molecule has 1 heterocycles. The first-order valence-corrected chi connectivity index (χ1v) is 14.4. The summed E-state index contributed by atoms with van der Waals surface area (Å²) in [5, 5.41) is 5.26. The van der Waals surface area contributed by atoms with Crippen LogP contribution in [0.3, 0.4) is 0 Å². The van der Waals surface area contributed by atoms with Crippen LogP contribution in [-0.2, 0) is 17.8 Å². The molecular weight excluding hydrogens is 521 g/mol. The van der Waals surface area contributed by atoms with Gasteiger partial charge in [0.25, 0.3) is 0 Å². The zero-order valence-corrected chi connectivity index (χ0v) is 23.3. The number of nitrogens with one attached hydrogen (secondary N) is 1. The second-order valence-corrected chi connectivity index (χ2v) is 10.6. The highest BCUT2D eigenvalue weighted by Crippen LogP contribution is 2.36. The van der Waals surface area contributed by atoms with Gasteiger partial charge in [0, 0.05) is 46.4 Å². The zero-order chi connectivity index (χ0) is 26.0. The smallest absolute Gasteiger partial charge is 0.220 e. The molecule has 0 unspecified atom stereocenters. The van der Waals surface area contributed by atoms with Gasteiger partial charge >= 0.3 is 0 Å². The lowest BCUT2D eigenvalue weighted by Crippen LogP contribution is -2.25.